The van der Waals surface area contributed by atoms with Crippen LogP contribution >= 0.6 is 41.7 Å². The third kappa shape index (κ3) is 7.39. The molecular formula is C19H23ClN3O3PS3. The Hall–Kier alpha value is -1.38. The van der Waals surface area contributed by atoms with E-state index in [1.54, 1.807) is 19.1 Å². The molecule has 0 saturated carbocycles. The zero-order chi connectivity index (χ0) is 22.0. The van der Waals surface area contributed by atoms with Crippen molar-refractivity contribution >= 4 is 70.4 Å². The second-order valence-corrected chi connectivity index (χ2v) is 12.5. The second kappa shape index (κ2) is 12.5. The van der Waals surface area contributed by atoms with Crippen LogP contribution in [0.15, 0.2) is 59.8 Å². The van der Waals surface area contributed by atoms with E-state index in [9.17, 15) is 4.79 Å². The smallest absolute Gasteiger partial charge is 0.434 e. The van der Waals surface area contributed by atoms with Gasteiger partial charge in [-0.1, -0.05) is 54.0 Å². The first-order valence-corrected chi connectivity index (χ1v) is 14.3. The molecule has 1 N–H and O–H groups in total. The van der Waals surface area contributed by atoms with Crippen LogP contribution in [0.5, 0.6) is 5.75 Å². The summed E-state index contributed by atoms with van der Waals surface area (Å²) in [7, 11) is 0. The van der Waals surface area contributed by atoms with Crippen molar-refractivity contribution in [1.82, 2.24) is 5.32 Å². The minimum absolute atomic E-state index is 0.228. The van der Waals surface area contributed by atoms with Crippen molar-refractivity contribution in [2.45, 2.75) is 13.8 Å². The molecule has 162 valence electrons. The Bertz CT molecular complexity index is 918. The Morgan fingerprint density at radius 1 is 1.23 bits per heavy atom. The van der Waals surface area contributed by atoms with Gasteiger partial charge in [0.2, 0.25) is 6.42 Å². The average molecular weight is 504 g/mol. The van der Waals surface area contributed by atoms with Crippen LogP contribution in [-0.2, 0) is 16.6 Å². The molecule has 1 unspecified atom stereocenters. The molecule has 2 rings (SSSR count). The number of thioether (sulfide) groups is 1. The Balaban J connectivity index is 2.17. The maximum atomic E-state index is 11.9. The van der Waals surface area contributed by atoms with Gasteiger partial charge in [0.15, 0.2) is 0 Å². The highest BCUT2D eigenvalue weighted by Gasteiger charge is 2.29. The number of hydrogen-bond donors (Lipinski definition) is 1. The topological polar surface area (TPSA) is 63.2 Å². The van der Waals surface area contributed by atoms with Crippen LogP contribution in [0.2, 0.25) is 5.02 Å². The van der Waals surface area contributed by atoms with Crippen LogP contribution in [0.3, 0.4) is 0 Å². The molecule has 0 spiro atoms. The van der Waals surface area contributed by atoms with E-state index < -0.39 is 12.5 Å². The highest BCUT2D eigenvalue weighted by molar-refractivity contribution is 8.21. The lowest BCUT2D eigenvalue weighted by molar-refractivity contribution is 0.153. The number of benzene rings is 2. The van der Waals surface area contributed by atoms with Crippen LogP contribution in [0.1, 0.15) is 13.8 Å². The first-order valence-electron chi connectivity index (χ1n) is 8.94. The van der Waals surface area contributed by atoms with Gasteiger partial charge in [-0.15, -0.1) is 11.8 Å². The maximum absolute atomic E-state index is 11.9. The fourth-order valence-corrected chi connectivity index (χ4v) is 6.72. The zero-order valence-electron chi connectivity index (χ0n) is 16.8. The molecule has 6 nitrogen and oxygen atoms in total. The first kappa shape index (κ1) is 24.9. The molecule has 1 atom stereocenters. The molecule has 1 amide bonds. The molecule has 0 aliphatic carbocycles. The Kier molecular flexibility index (Phi) is 10.3. The molecule has 0 fully saturated rings. The number of carbonyl (C=O) groups excluding carboxylic acids is 1. The minimum Gasteiger partial charge on any atom is -0.446 e. The standard InChI is InChI=1S/C19H23ClN3O3PS3/c1-4-27(28,26-18-13-9-8-12-17(18)20)23(16-10-6-5-7-11-16)30-14-21-19(24)25-22-15(2)29-3/h5-13H,4,14H2,1-3H3,(H,21,24)/b22-15+. The van der Waals surface area contributed by atoms with Crippen LogP contribution in [0.25, 0.3) is 0 Å². The minimum atomic E-state index is -2.55. The lowest BCUT2D eigenvalue weighted by Crippen LogP contribution is -2.26. The van der Waals surface area contributed by atoms with E-state index in [1.807, 2.05) is 59.7 Å². The molecule has 0 aromatic heterocycles. The molecule has 0 radical (unpaired) electrons. The number of para-hydroxylation sites is 2. The summed E-state index contributed by atoms with van der Waals surface area (Å²) < 4.78 is 8.23. The number of hydrogen-bond acceptors (Lipinski definition) is 7. The van der Waals surface area contributed by atoms with Gasteiger partial charge in [0, 0.05) is 6.16 Å². The monoisotopic (exact) mass is 503 g/mol. The van der Waals surface area contributed by atoms with Gasteiger partial charge in [-0.2, -0.15) is 0 Å². The van der Waals surface area contributed by atoms with E-state index in [1.165, 1.54) is 23.7 Å². The van der Waals surface area contributed by atoms with Gasteiger partial charge in [-0.25, -0.2) is 4.79 Å². The highest BCUT2D eigenvalue weighted by atomic mass is 35.5. The molecule has 0 heterocycles. The second-order valence-electron chi connectivity index (χ2n) is 5.73. The van der Waals surface area contributed by atoms with E-state index in [4.69, 9.17) is 32.8 Å². The summed E-state index contributed by atoms with van der Waals surface area (Å²) in [6, 6.07) is 16.9. The summed E-state index contributed by atoms with van der Waals surface area (Å²) >= 11 is 15.0. The number of carbonyl (C=O) groups is 1. The number of nitrogens with zero attached hydrogens (tertiary/aromatic N) is 2. The highest BCUT2D eigenvalue weighted by Crippen LogP contribution is 2.57. The molecule has 2 aromatic carbocycles. The summed E-state index contributed by atoms with van der Waals surface area (Å²) in [5.74, 6) is 0.770. The predicted octanol–water partition coefficient (Wildman–Crippen LogP) is 6.58. The van der Waals surface area contributed by atoms with Crippen LogP contribution in [0, 0.1) is 0 Å². The molecule has 0 bridgehead atoms. The van der Waals surface area contributed by atoms with Crippen molar-refractivity contribution < 1.29 is 14.2 Å². The molecular weight excluding hydrogens is 481 g/mol. The Morgan fingerprint density at radius 2 is 1.90 bits per heavy atom. The fraction of sp³-hybridized carbons (Fsp3) is 0.263. The molecule has 11 heteroatoms. The van der Waals surface area contributed by atoms with Crippen LogP contribution in [-0.4, -0.2) is 29.4 Å². The van der Waals surface area contributed by atoms with Crippen molar-refractivity contribution in [2.24, 2.45) is 5.16 Å². The maximum Gasteiger partial charge on any atom is 0.434 e. The SMILES string of the molecule is CCP(=S)(Oc1ccccc1Cl)N(SCNC(=O)O/N=C(\C)SC)c1ccccc1. The first-order chi connectivity index (χ1) is 14.4. The lowest BCUT2D eigenvalue weighted by Gasteiger charge is -2.34. The zero-order valence-corrected chi connectivity index (χ0v) is 20.9. The van der Waals surface area contributed by atoms with Gasteiger partial charge in [0.1, 0.15) is 10.8 Å². The molecule has 2 aromatic rings. The fourth-order valence-electron chi connectivity index (χ4n) is 2.12. The molecule has 0 saturated heterocycles. The summed E-state index contributed by atoms with van der Waals surface area (Å²) in [5, 5.41) is 7.54. The van der Waals surface area contributed by atoms with Crippen molar-refractivity contribution in [3.8, 4) is 5.75 Å². The van der Waals surface area contributed by atoms with Gasteiger partial charge in [0.05, 0.1) is 16.6 Å². The van der Waals surface area contributed by atoms with E-state index in [-0.39, 0.29) is 5.88 Å². The number of nitrogens with one attached hydrogen (secondary N) is 1. The molecule has 30 heavy (non-hydrogen) atoms. The van der Waals surface area contributed by atoms with Gasteiger partial charge >= 0.3 is 6.09 Å². The van der Waals surface area contributed by atoms with Crippen LogP contribution in [0.4, 0.5) is 10.5 Å². The average Bonchev–Trinajstić information content (AvgIpc) is 2.77. The normalized spacial score (nSPS) is 13.3. The van der Waals surface area contributed by atoms with Crippen molar-refractivity contribution in [2.75, 3.05) is 22.4 Å². The van der Waals surface area contributed by atoms with E-state index >= 15 is 0 Å². The Morgan fingerprint density at radius 3 is 2.53 bits per heavy atom. The summed E-state index contributed by atoms with van der Waals surface area (Å²) in [6.07, 6.45) is -0.747. The van der Waals surface area contributed by atoms with E-state index in [0.717, 1.165) is 5.69 Å². The Labute approximate surface area is 196 Å². The van der Waals surface area contributed by atoms with Gasteiger partial charge in [-0.05, 0) is 61.2 Å². The van der Waals surface area contributed by atoms with E-state index in [2.05, 4.69) is 10.5 Å². The summed E-state index contributed by atoms with van der Waals surface area (Å²) in [4.78, 5) is 16.7. The number of oxime groups is 1. The predicted molar refractivity (Wildman–Crippen MR) is 135 cm³/mol. The molecule has 0 aliphatic rings. The van der Waals surface area contributed by atoms with Crippen LogP contribution < -0.4 is 13.9 Å². The van der Waals surface area contributed by atoms with Gasteiger partial charge in [-0.3, -0.25) is 8.91 Å². The van der Waals surface area contributed by atoms with Crippen molar-refractivity contribution in [1.29, 1.82) is 0 Å². The van der Waals surface area contributed by atoms with Crippen molar-refractivity contribution in [3.05, 3.63) is 59.6 Å². The number of amides is 1. The van der Waals surface area contributed by atoms with Crippen molar-refractivity contribution in [3.63, 3.8) is 0 Å². The summed E-state index contributed by atoms with van der Waals surface area (Å²) in [5.41, 5.74) is 0.881. The lowest BCUT2D eigenvalue weighted by atomic mass is 10.3. The summed E-state index contributed by atoms with van der Waals surface area (Å²) in [6.45, 7) is 3.74. The largest absolute Gasteiger partial charge is 0.446 e. The van der Waals surface area contributed by atoms with Gasteiger partial charge < -0.3 is 9.84 Å². The van der Waals surface area contributed by atoms with E-state index in [0.29, 0.717) is 22.0 Å². The number of rotatable bonds is 9. The molecule has 0 aliphatic heterocycles. The number of anilines is 1. The third-order valence-electron chi connectivity index (χ3n) is 3.69. The third-order valence-corrected chi connectivity index (χ3v) is 10.4. The number of halogens is 1. The van der Waals surface area contributed by atoms with Gasteiger partial charge in [0.25, 0.3) is 0 Å². The quantitative estimate of drug-likeness (QED) is 0.0788.